The monoisotopic (exact) mass is 465 g/mol. The molecule has 1 aromatic heterocycles. The molecule has 2 heterocycles. The van der Waals surface area contributed by atoms with E-state index in [-0.39, 0.29) is 22.4 Å². The number of nitrogens with one attached hydrogen (secondary N) is 1. The summed E-state index contributed by atoms with van der Waals surface area (Å²) in [5.41, 5.74) is -0.197. The van der Waals surface area contributed by atoms with Crippen LogP contribution >= 0.6 is 0 Å². The van der Waals surface area contributed by atoms with Crippen molar-refractivity contribution in [2.24, 2.45) is 0 Å². The molecule has 11 heteroatoms. The van der Waals surface area contributed by atoms with Gasteiger partial charge in [-0.25, -0.2) is 9.07 Å². The Kier molecular flexibility index (Phi) is 5.48. The number of carbonyl (C=O) groups excluding carboxylic acids is 3. The maximum absolute atomic E-state index is 13.4. The molecule has 34 heavy (non-hydrogen) atoms. The largest absolute Gasteiger partial charge is 0.309 e. The van der Waals surface area contributed by atoms with E-state index in [1.165, 1.54) is 41.1 Å². The number of imide groups is 1. The van der Waals surface area contributed by atoms with Crippen LogP contribution in [0, 0.1) is 15.9 Å². The van der Waals surface area contributed by atoms with Gasteiger partial charge >= 0.3 is 0 Å². The Labute approximate surface area is 193 Å². The van der Waals surface area contributed by atoms with Crippen LogP contribution < -0.4 is 5.32 Å². The lowest BCUT2D eigenvalue weighted by atomic mass is 9.92. The quantitative estimate of drug-likeness (QED) is 0.349. The summed E-state index contributed by atoms with van der Waals surface area (Å²) >= 11 is 0. The highest BCUT2D eigenvalue weighted by atomic mass is 19.1. The van der Waals surface area contributed by atoms with Gasteiger partial charge in [-0.2, -0.15) is 5.10 Å². The highest BCUT2D eigenvalue weighted by Crippen LogP contribution is 2.31. The van der Waals surface area contributed by atoms with Crippen molar-refractivity contribution < 1.29 is 23.7 Å². The summed E-state index contributed by atoms with van der Waals surface area (Å²) in [6.07, 6.45) is 0. The first kappa shape index (κ1) is 22.8. The molecule has 0 unspecified atom stereocenters. The predicted molar refractivity (Wildman–Crippen MR) is 119 cm³/mol. The van der Waals surface area contributed by atoms with Crippen LogP contribution in [-0.4, -0.2) is 43.9 Å². The summed E-state index contributed by atoms with van der Waals surface area (Å²) in [7, 11) is 0. The normalized spacial score (nSPS) is 13.2. The average molecular weight is 465 g/mol. The summed E-state index contributed by atoms with van der Waals surface area (Å²) in [4.78, 5) is 49.4. The van der Waals surface area contributed by atoms with Crippen LogP contribution in [0.4, 0.5) is 15.9 Å². The van der Waals surface area contributed by atoms with Crippen LogP contribution in [0.15, 0.2) is 48.5 Å². The molecule has 0 saturated heterocycles. The van der Waals surface area contributed by atoms with Gasteiger partial charge < -0.3 is 5.32 Å². The Morgan fingerprint density at radius 2 is 1.79 bits per heavy atom. The topological polar surface area (TPSA) is 127 Å². The van der Waals surface area contributed by atoms with Crippen LogP contribution in [0.5, 0.6) is 0 Å². The van der Waals surface area contributed by atoms with Crippen LogP contribution in [-0.2, 0) is 10.2 Å². The van der Waals surface area contributed by atoms with Gasteiger partial charge in [0.15, 0.2) is 0 Å². The molecule has 3 amide bonds. The Morgan fingerprint density at radius 3 is 2.41 bits per heavy atom. The first-order valence-electron chi connectivity index (χ1n) is 10.3. The summed E-state index contributed by atoms with van der Waals surface area (Å²) in [6.45, 7) is 5.15. The molecule has 1 aliphatic heterocycles. The zero-order valence-electron chi connectivity index (χ0n) is 18.5. The van der Waals surface area contributed by atoms with Gasteiger partial charge in [-0.1, -0.05) is 26.8 Å². The van der Waals surface area contributed by atoms with E-state index in [1.807, 2.05) is 20.8 Å². The van der Waals surface area contributed by atoms with Gasteiger partial charge in [0.2, 0.25) is 5.91 Å². The standard InChI is InChI=1S/C23H20FN5O5/c1-23(2,3)17-11-18(28(26-17)14-9-7-13(24)8-10-14)25-19(30)12-27-21(31)15-5-4-6-16(29(33)34)20(15)22(27)32/h4-11H,12H2,1-3H3,(H,25,30). The number of amides is 3. The van der Waals surface area contributed by atoms with E-state index >= 15 is 0 Å². The third-order valence-corrected chi connectivity index (χ3v) is 5.29. The fraction of sp³-hybridized carbons (Fsp3) is 0.217. The van der Waals surface area contributed by atoms with Crippen LogP contribution in [0.3, 0.4) is 0 Å². The van der Waals surface area contributed by atoms with Gasteiger partial charge in [0.1, 0.15) is 23.7 Å². The fourth-order valence-electron chi connectivity index (χ4n) is 3.55. The highest BCUT2D eigenvalue weighted by molar-refractivity contribution is 6.24. The van der Waals surface area contributed by atoms with E-state index in [0.717, 1.165) is 6.07 Å². The first-order valence-corrected chi connectivity index (χ1v) is 10.3. The van der Waals surface area contributed by atoms with Gasteiger partial charge in [-0.3, -0.25) is 29.4 Å². The number of nitro groups is 1. The Balaban J connectivity index is 1.61. The minimum atomic E-state index is -0.912. The number of carbonyl (C=O) groups is 3. The van der Waals surface area contributed by atoms with E-state index in [2.05, 4.69) is 10.4 Å². The van der Waals surface area contributed by atoms with Gasteiger partial charge in [0.25, 0.3) is 17.5 Å². The lowest BCUT2D eigenvalue weighted by Crippen LogP contribution is -2.37. The molecule has 1 aliphatic rings. The van der Waals surface area contributed by atoms with Crippen LogP contribution in [0.1, 0.15) is 47.2 Å². The molecule has 2 aromatic carbocycles. The number of benzene rings is 2. The Hall–Kier alpha value is -4.41. The highest BCUT2D eigenvalue weighted by Gasteiger charge is 2.41. The van der Waals surface area contributed by atoms with E-state index in [1.54, 1.807) is 6.07 Å². The molecule has 0 bridgehead atoms. The number of rotatable bonds is 5. The van der Waals surface area contributed by atoms with Gasteiger partial charge in [-0.05, 0) is 30.3 Å². The summed E-state index contributed by atoms with van der Waals surface area (Å²) in [6, 6.07) is 10.9. The first-order chi connectivity index (χ1) is 16.0. The number of fused-ring (bicyclic) bond motifs is 1. The Morgan fingerprint density at radius 1 is 1.12 bits per heavy atom. The zero-order chi connectivity index (χ0) is 24.8. The van der Waals surface area contributed by atoms with Crippen molar-refractivity contribution in [1.82, 2.24) is 14.7 Å². The summed E-state index contributed by atoms with van der Waals surface area (Å²) in [5.74, 6) is -2.59. The second-order valence-corrected chi connectivity index (χ2v) is 8.75. The lowest BCUT2D eigenvalue weighted by molar-refractivity contribution is -0.385. The van der Waals surface area contributed by atoms with Crippen molar-refractivity contribution in [3.8, 4) is 5.69 Å². The molecule has 1 N–H and O–H groups in total. The number of halogens is 1. The van der Waals surface area contributed by atoms with Crippen molar-refractivity contribution >= 4 is 29.2 Å². The minimum absolute atomic E-state index is 0.127. The number of anilines is 1. The Bertz CT molecular complexity index is 1340. The molecule has 0 spiro atoms. The maximum atomic E-state index is 13.4. The molecule has 0 atom stereocenters. The van der Waals surface area contributed by atoms with E-state index in [9.17, 15) is 28.9 Å². The number of aromatic nitrogens is 2. The zero-order valence-corrected chi connectivity index (χ0v) is 18.5. The molecular formula is C23H20FN5O5. The molecule has 3 aromatic rings. The summed E-state index contributed by atoms with van der Waals surface area (Å²) in [5, 5.41) is 18.4. The number of hydrogen-bond donors (Lipinski definition) is 1. The second kappa shape index (κ2) is 8.18. The average Bonchev–Trinajstić information content (AvgIpc) is 3.29. The smallest absolute Gasteiger partial charge is 0.282 e. The van der Waals surface area contributed by atoms with Crippen LogP contribution in [0.25, 0.3) is 5.69 Å². The number of nitro benzene ring substituents is 1. The van der Waals surface area contributed by atoms with Gasteiger partial charge in [-0.15, -0.1) is 0 Å². The van der Waals surface area contributed by atoms with Crippen molar-refractivity contribution in [1.29, 1.82) is 0 Å². The third-order valence-electron chi connectivity index (χ3n) is 5.29. The molecule has 0 radical (unpaired) electrons. The molecule has 0 fully saturated rings. The number of nitrogens with zero attached hydrogens (tertiary/aromatic N) is 4. The molecular weight excluding hydrogens is 445 g/mol. The van der Waals surface area contributed by atoms with Gasteiger partial charge in [0.05, 0.1) is 21.9 Å². The SMILES string of the molecule is CC(C)(C)c1cc(NC(=O)CN2C(=O)c3cccc([N+](=O)[O-])c3C2=O)n(-c2ccc(F)cc2)n1. The third kappa shape index (κ3) is 4.03. The molecule has 174 valence electrons. The van der Waals surface area contributed by atoms with Crippen molar-refractivity contribution in [3.63, 3.8) is 0 Å². The molecule has 0 aliphatic carbocycles. The summed E-state index contributed by atoms with van der Waals surface area (Å²) < 4.78 is 14.8. The number of hydrogen-bond acceptors (Lipinski definition) is 6. The van der Waals surface area contributed by atoms with E-state index in [0.29, 0.717) is 16.3 Å². The second-order valence-electron chi connectivity index (χ2n) is 8.75. The molecule has 0 saturated carbocycles. The lowest BCUT2D eigenvalue weighted by Gasteiger charge is -2.14. The van der Waals surface area contributed by atoms with Crippen molar-refractivity contribution in [3.05, 3.63) is 81.3 Å². The fourth-order valence-corrected chi connectivity index (χ4v) is 3.55. The van der Waals surface area contributed by atoms with E-state index in [4.69, 9.17) is 0 Å². The van der Waals surface area contributed by atoms with Crippen molar-refractivity contribution in [2.75, 3.05) is 11.9 Å². The van der Waals surface area contributed by atoms with Gasteiger partial charge in [0, 0.05) is 17.5 Å². The van der Waals surface area contributed by atoms with E-state index < -0.39 is 40.7 Å². The predicted octanol–water partition coefficient (Wildman–Crippen LogP) is 3.45. The molecule has 4 rings (SSSR count). The van der Waals surface area contributed by atoms with Crippen LogP contribution in [0.2, 0.25) is 0 Å². The minimum Gasteiger partial charge on any atom is -0.309 e. The maximum Gasteiger partial charge on any atom is 0.282 e. The van der Waals surface area contributed by atoms with Crippen molar-refractivity contribution in [2.45, 2.75) is 26.2 Å². The molecule has 10 nitrogen and oxygen atoms in total.